The first-order valence-corrected chi connectivity index (χ1v) is 4.85. The monoisotopic (exact) mass is 194 g/mol. The van der Waals surface area contributed by atoms with Crippen LogP contribution in [0.4, 0.5) is 0 Å². The highest BCUT2D eigenvalue weighted by Crippen LogP contribution is 2.35. The van der Waals surface area contributed by atoms with Crippen LogP contribution in [0.5, 0.6) is 0 Å². The molecule has 1 aliphatic rings. The number of Topliss-reactive ketones (excluding diaryl/α,β-unsaturated/α-hetero) is 1. The maximum absolute atomic E-state index is 11.3. The number of halogens is 1. The lowest BCUT2D eigenvalue weighted by Crippen LogP contribution is -2.04. The molecule has 0 fully saturated rings. The molecule has 1 atom stereocenters. The van der Waals surface area contributed by atoms with Gasteiger partial charge in [0.2, 0.25) is 0 Å². The lowest BCUT2D eigenvalue weighted by Gasteiger charge is -2.06. The Balaban J connectivity index is 2.46. The van der Waals surface area contributed by atoms with Gasteiger partial charge in [-0.15, -0.1) is 0 Å². The smallest absolute Gasteiger partial charge is 0.137 e. The van der Waals surface area contributed by atoms with E-state index in [-0.39, 0.29) is 11.7 Å². The van der Waals surface area contributed by atoms with E-state index in [9.17, 15) is 4.79 Å². The minimum atomic E-state index is 0.0914. The van der Waals surface area contributed by atoms with Gasteiger partial charge in [-0.2, -0.15) is 0 Å². The summed E-state index contributed by atoms with van der Waals surface area (Å²) in [6, 6.07) is 5.85. The number of benzene rings is 1. The fraction of sp³-hybridized carbons (Fsp3) is 0.364. The fourth-order valence-corrected chi connectivity index (χ4v) is 2.18. The molecule has 68 valence electrons. The van der Waals surface area contributed by atoms with Gasteiger partial charge >= 0.3 is 0 Å². The van der Waals surface area contributed by atoms with Gasteiger partial charge in [-0.25, -0.2) is 0 Å². The number of ketones is 1. The van der Waals surface area contributed by atoms with E-state index in [4.69, 9.17) is 11.6 Å². The zero-order valence-electron chi connectivity index (χ0n) is 7.51. The van der Waals surface area contributed by atoms with Crippen molar-refractivity contribution in [1.29, 1.82) is 0 Å². The van der Waals surface area contributed by atoms with Crippen LogP contribution in [0.25, 0.3) is 0 Å². The molecule has 2 heteroatoms. The number of hydrogen-bond donors (Lipinski definition) is 0. The number of carbonyl (C=O) groups excluding carboxylic acids is 1. The quantitative estimate of drug-likeness (QED) is 0.672. The van der Waals surface area contributed by atoms with Crippen LogP contribution in [0.1, 0.15) is 30.4 Å². The molecule has 0 aromatic heterocycles. The number of carbonyl (C=O) groups is 1. The lowest BCUT2D eigenvalue weighted by molar-refractivity contribution is -0.118. The van der Waals surface area contributed by atoms with Gasteiger partial charge in [-0.05, 0) is 43.0 Å². The Morgan fingerprint density at radius 1 is 1.54 bits per heavy atom. The fourth-order valence-electron chi connectivity index (χ4n) is 2.00. The molecule has 1 aromatic carbocycles. The van der Waals surface area contributed by atoms with Crippen LogP contribution in [0.2, 0.25) is 5.02 Å². The zero-order valence-corrected chi connectivity index (χ0v) is 8.27. The van der Waals surface area contributed by atoms with Crippen molar-refractivity contribution < 1.29 is 4.79 Å². The Hall–Kier alpha value is -0.820. The molecule has 13 heavy (non-hydrogen) atoms. The van der Waals surface area contributed by atoms with Crippen molar-refractivity contribution in [3.63, 3.8) is 0 Å². The standard InChI is InChI=1S/C11H11ClO/c1-7(13)10-5-3-8-2-4-9(12)6-11(8)10/h2,4,6,10H,3,5H2,1H3. The summed E-state index contributed by atoms with van der Waals surface area (Å²) in [5.74, 6) is 0.342. The maximum atomic E-state index is 11.3. The van der Waals surface area contributed by atoms with Gasteiger partial charge in [0.25, 0.3) is 0 Å². The first-order chi connectivity index (χ1) is 6.18. The number of hydrogen-bond acceptors (Lipinski definition) is 1. The molecule has 0 bridgehead atoms. The van der Waals surface area contributed by atoms with Gasteiger partial charge in [-0.3, -0.25) is 4.79 Å². The highest BCUT2D eigenvalue weighted by molar-refractivity contribution is 6.30. The molecule has 2 rings (SSSR count). The first-order valence-electron chi connectivity index (χ1n) is 4.47. The van der Waals surface area contributed by atoms with Crippen LogP contribution >= 0.6 is 11.6 Å². The van der Waals surface area contributed by atoms with E-state index in [2.05, 4.69) is 0 Å². The summed E-state index contributed by atoms with van der Waals surface area (Å²) in [6.07, 6.45) is 1.96. The molecule has 1 aliphatic carbocycles. The van der Waals surface area contributed by atoms with Crippen LogP contribution in [0.15, 0.2) is 18.2 Å². The number of aryl methyl sites for hydroxylation is 1. The number of fused-ring (bicyclic) bond motifs is 1. The summed E-state index contributed by atoms with van der Waals surface area (Å²) in [7, 11) is 0. The lowest BCUT2D eigenvalue weighted by atomic mass is 9.98. The minimum Gasteiger partial charge on any atom is -0.299 e. The Labute approximate surface area is 82.7 Å². The average molecular weight is 195 g/mol. The second-order valence-corrected chi connectivity index (χ2v) is 3.98. The van der Waals surface area contributed by atoms with E-state index >= 15 is 0 Å². The molecule has 0 N–H and O–H groups in total. The zero-order chi connectivity index (χ0) is 9.42. The highest BCUT2D eigenvalue weighted by Gasteiger charge is 2.25. The molecule has 0 saturated heterocycles. The Bertz CT molecular complexity index is 357. The largest absolute Gasteiger partial charge is 0.299 e. The molecule has 0 spiro atoms. The molecule has 0 aliphatic heterocycles. The topological polar surface area (TPSA) is 17.1 Å². The maximum Gasteiger partial charge on any atom is 0.137 e. The van der Waals surface area contributed by atoms with E-state index < -0.39 is 0 Å². The van der Waals surface area contributed by atoms with Crippen LogP contribution in [-0.4, -0.2) is 5.78 Å². The van der Waals surface area contributed by atoms with Gasteiger partial charge in [0.05, 0.1) is 0 Å². The van der Waals surface area contributed by atoms with Crippen LogP contribution < -0.4 is 0 Å². The summed E-state index contributed by atoms with van der Waals surface area (Å²) < 4.78 is 0. The van der Waals surface area contributed by atoms with Crippen molar-refractivity contribution in [1.82, 2.24) is 0 Å². The normalized spacial score (nSPS) is 20.0. The second-order valence-electron chi connectivity index (χ2n) is 3.55. The Kier molecular flexibility index (Phi) is 2.12. The van der Waals surface area contributed by atoms with E-state index in [1.807, 2.05) is 18.2 Å². The molecule has 0 saturated carbocycles. The molecule has 1 unspecified atom stereocenters. The van der Waals surface area contributed by atoms with Crippen LogP contribution in [0.3, 0.4) is 0 Å². The van der Waals surface area contributed by atoms with Crippen LogP contribution in [-0.2, 0) is 11.2 Å². The molecule has 1 aromatic rings. The minimum absolute atomic E-state index is 0.0914. The average Bonchev–Trinajstić information content (AvgIpc) is 2.46. The number of rotatable bonds is 1. The van der Waals surface area contributed by atoms with Crippen molar-refractivity contribution in [2.75, 3.05) is 0 Å². The molecule has 0 amide bonds. The van der Waals surface area contributed by atoms with Crippen molar-refractivity contribution in [2.45, 2.75) is 25.7 Å². The van der Waals surface area contributed by atoms with Crippen molar-refractivity contribution in [3.8, 4) is 0 Å². The molecule has 0 radical (unpaired) electrons. The van der Waals surface area contributed by atoms with Crippen LogP contribution in [0, 0.1) is 0 Å². The van der Waals surface area contributed by atoms with E-state index in [1.165, 1.54) is 5.56 Å². The third-order valence-corrected chi connectivity index (χ3v) is 2.91. The van der Waals surface area contributed by atoms with E-state index in [0.717, 1.165) is 23.4 Å². The van der Waals surface area contributed by atoms with Crippen molar-refractivity contribution >= 4 is 17.4 Å². The van der Waals surface area contributed by atoms with Gasteiger partial charge in [-0.1, -0.05) is 17.7 Å². The van der Waals surface area contributed by atoms with Gasteiger partial charge < -0.3 is 0 Å². The highest BCUT2D eigenvalue weighted by atomic mass is 35.5. The second kappa shape index (κ2) is 3.15. The summed E-state index contributed by atoms with van der Waals surface area (Å²) in [5, 5.41) is 0.729. The Morgan fingerprint density at radius 3 is 3.00 bits per heavy atom. The molecule has 1 nitrogen and oxygen atoms in total. The summed E-state index contributed by atoms with van der Waals surface area (Å²) in [4.78, 5) is 11.3. The van der Waals surface area contributed by atoms with E-state index in [1.54, 1.807) is 6.92 Å². The molecular weight excluding hydrogens is 184 g/mol. The predicted octanol–water partition coefficient (Wildman–Crippen LogP) is 2.96. The van der Waals surface area contributed by atoms with Crippen molar-refractivity contribution in [3.05, 3.63) is 34.3 Å². The first kappa shape index (κ1) is 8.76. The third kappa shape index (κ3) is 1.49. The Morgan fingerprint density at radius 2 is 2.31 bits per heavy atom. The van der Waals surface area contributed by atoms with Gasteiger partial charge in [0, 0.05) is 10.9 Å². The van der Waals surface area contributed by atoms with Gasteiger partial charge in [0.15, 0.2) is 0 Å². The summed E-state index contributed by atoms with van der Waals surface area (Å²) in [5.41, 5.74) is 2.42. The predicted molar refractivity (Wildman–Crippen MR) is 53.2 cm³/mol. The van der Waals surface area contributed by atoms with Crippen molar-refractivity contribution in [2.24, 2.45) is 0 Å². The summed E-state index contributed by atoms with van der Waals surface area (Å²) >= 11 is 5.88. The van der Waals surface area contributed by atoms with E-state index in [0.29, 0.717) is 0 Å². The molecule has 0 heterocycles. The SMILES string of the molecule is CC(=O)C1CCc2ccc(Cl)cc21. The molecular formula is C11H11ClO. The summed E-state index contributed by atoms with van der Waals surface area (Å²) in [6.45, 7) is 1.65. The van der Waals surface area contributed by atoms with Gasteiger partial charge in [0.1, 0.15) is 5.78 Å². The third-order valence-electron chi connectivity index (χ3n) is 2.68.